The van der Waals surface area contributed by atoms with Gasteiger partial charge in [-0.15, -0.1) is 0 Å². The third-order valence-electron chi connectivity index (χ3n) is 3.31. The van der Waals surface area contributed by atoms with Gasteiger partial charge < -0.3 is 5.73 Å². The number of hydrogen-bond donors (Lipinski definition) is 1. The van der Waals surface area contributed by atoms with Gasteiger partial charge in [0, 0.05) is 5.56 Å². The summed E-state index contributed by atoms with van der Waals surface area (Å²) < 4.78 is 147. The van der Waals surface area contributed by atoms with E-state index in [1.807, 2.05) is 0 Å². The van der Waals surface area contributed by atoms with E-state index in [-0.39, 0.29) is 5.56 Å². The SMILES string of the molecule is Nc1cnc(-c2ccccc2)nc1C(F)(F)OC(F)(F)C(F)(F)OC(F)(F)C(F)(F)F. The van der Waals surface area contributed by atoms with Gasteiger partial charge in [0.05, 0.1) is 11.9 Å². The zero-order valence-corrected chi connectivity index (χ0v) is 14.4. The average molecular weight is 471 g/mol. The highest BCUT2D eigenvalue weighted by atomic mass is 19.4. The van der Waals surface area contributed by atoms with Crippen molar-refractivity contribution >= 4 is 5.69 Å². The Morgan fingerprint density at radius 3 is 1.74 bits per heavy atom. The molecule has 0 spiro atoms. The van der Waals surface area contributed by atoms with Crippen LogP contribution in [0.5, 0.6) is 0 Å². The quantitative estimate of drug-likeness (QED) is 0.566. The monoisotopic (exact) mass is 471 g/mol. The molecule has 0 saturated heterocycles. The fraction of sp³-hybridized carbons (Fsp3) is 0.333. The van der Waals surface area contributed by atoms with E-state index in [9.17, 15) is 48.3 Å². The van der Waals surface area contributed by atoms with Gasteiger partial charge >= 0.3 is 30.6 Å². The Labute approximate surface area is 164 Å². The Morgan fingerprint density at radius 1 is 0.710 bits per heavy atom. The Hall–Kier alpha value is -2.75. The molecule has 0 aliphatic carbocycles. The van der Waals surface area contributed by atoms with Crippen molar-refractivity contribution in [3.63, 3.8) is 0 Å². The van der Waals surface area contributed by atoms with Crippen molar-refractivity contribution in [3.05, 3.63) is 42.2 Å². The molecule has 16 heteroatoms. The summed E-state index contributed by atoms with van der Waals surface area (Å²) in [4.78, 5) is 6.67. The van der Waals surface area contributed by atoms with Crippen LogP contribution in [0.4, 0.5) is 54.0 Å². The molecule has 0 amide bonds. The van der Waals surface area contributed by atoms with Gasteiger partial charge in [-0.3, -0.25) is 0 Å². The molecule has 2 N–H and O–H groups in total. The van der Waals surface area contributed by atoms with Crippen LogP contribution in [-0.4, -0.2) is 34.5 Å². The van der Waals surface area contributed by atoms with Crippen LogP contribution in [0.25, 0.3) is 11.4 Å². The maximum atomic E-state index is 14.1. The Balaban J connectivity index is 2.38. The summed E-state index contributed by atoms with van der Waals surface area (Å²) in [5.41, 5.74) is 2.13. The minimum absolute atomic E-state index is 0.0461. The van der Waals surface area contributed by atoms with E-state index >= 15 is 0 Å². The van der Waals surface area contributed by atoms with E-state index in [1.165, 1.54) is 30.3 Å². The molecule has 0 saturated carbocycles. The lowest BCUT2D eigenvalue weighted by Gasteiger charge is -2.31. The standard InChI is InChI=1S/C15H8F11N3O2/c16-11(17,9-8(27)6-28-10(29-9)7-4-2-1-3-5-7)30-14(23,24)15(25,26)31-13(21,22)12(18,19)20/h1-6H,27H2. The number of aromatic nitrogens is 2. The summed E-state index contributed by atoms with van der Waals surface area (Å²) in [6.07, 6.45) is -32.3. The van der Waals surface area contributed by atoms with E-state index < -0.39 is 47.8 Å². The smallest absolute Gasteiger partial charge is 0.396 e. The van der Waals surface area contributed by atoms with Gasteiger partial charge in [0.2, 0.25) is 0 Å². The van der Waals surface area contributed by atoms with Gasteiger partial charge in [-0.25, -0.2) is 19.4 Å². The van der Waals surface area contributed by atoms with E-state index in [2.05, 4.69) is 14.7 Å². The highest BCUT2D eigenvalue weighted by Gasteiger charge is 2.73. The second-order valence-electron chi connectivity index (χ2n) is 5.63. The summed E-state index contributed by atoms with van der Waals surface area (Å²) in [6.45, 7) is 0. The first-order chi connectivity index (χ1) is 13.9. The fourth-order valence-electron chi connectivity index (χ4n) is 1.90. The fourth-order valence-corrected chi connectivity index (χ4v) is 1.90. The molecule has 0 unspecified atom stereocenters. The molecule has 1 aromatic heterocycles. The summed E-state index contributed by atoms with van der Waals surface area (Å²) in [5, 5.41) is 0. The van der Waals surface area contributed by atoms with Crippen molar-refractivity contribution in [3.8, 4) is 11.4 Å². The first kappa shape index (κ1) is 24.5. The number of nitrogen functional groups attached to an aromatic ring is 1. The molecule has 5 nitrogen and oxygen atoms in total. The van der Waals surface area contributed by atoms with Crippen molar-refractivity contribution in [1.29, 1.82) is 0 Å². The molecule has 31 heavy (non-hydrogen) atoms. The number of ether oxygens (including phenoxy) is 2. The predicted octanol–water partition coefficient (Wildman–Crippen LogP) is 5.15. The zero-order chi connectivity index (χ0) is 23.9. The third-order valence-corrected chi connectivity index (χ3v) is 3.31. The molecular formula is C15H8F11N3O2. The number of rotatable bonds is 7. The second-order valence-corrected chi connectivity index (χ2v) is 5.63. The van der Waals surface area contributed by atoms with Crippen LogP contribution in [0, 0.1) is 0 Å². The average Bonchev–Trinajstić information content (AvgIpc) is 2.60. The summed E-state index contributed by atoms with van der Waals surface area (Å²) in [7, 11) is 0. The van der Waals surface area contributed by atoms with Crippen LogP contribution in [-0.2, 0) is 15.6 Å². The maximum Gasteiger partial charge on any atom is 0.483 e. The van der Waals surface area contributed by atoms with Crippen molar-refractivity contribution in [2.24, 2.45) is 0 Å². The van der Waals surface area contributed by atoms with E-state index in [4.69, 9.17) is 5.73 Å². The maximum absolute atomic E-state index is 14.1. The van der Waals surface area contributed by atoms with Crippen LogP contribution in [0.2, 0.25) is 0 Å². The summed E-state index contributed by atoms with van der Waals surface area (Å²) in [6, 6.07) is 6.86. The number of hydrogen-bond acceptors (Lipinski definition) is 5. The normalized spacial score (nSPS) is 14.0. The van der Waals surface area contributed by atoms with E-state index in [0.29, 0.717) is 6.20 Å². The van der Waals surface area contributed by atoms with Crippen LogP contribution < -0.4 is 5.73 Å². The number of halogens is 11. The lowest BCUT2D eigenvalue weighted by Crippen LogP contribution is -2.54. The minimum Gasteiger partial charge on any atom is -0.396 e. The van der Waals surface area contributed by atoms with Crippen LogP contribution in [0.15, 0.2) is 36.5 Å². The number of nitrogens with two attached hydrogens (primary N) is 1. The van der Waals surface area contributed by atoms with E-state index in [1.54, 1.807) is 4.74 Å². The molecule has 0 aliphatic rings. The molecule has 0 atom stereocenters. The summed E-state index contributed by atoms with van der Waals surface area (Å²) in [5.74, 6) is -0.553. The van der Waals surface area contributed by atoms with Crippen LogP contribution in [0.1, 0.15) is 5.69 Å². The Bertz CT molecular complexity index is 920. The molecule has 2 rings (SSSR count). The molecule has 1 aromatic carbocycles. The Morgan fingerprint density at radius 2 is 1.23 bits per heavy atom. The molecule has 1 heterocycles. The van der Waals surface area contributed by atoms with E-state index in [0.717, 1.165) is 0 Å². The second kappa shape index (κ2) is 7.74. The van der Waals surface area contributed by atoms with Gasteiger partial charge in [0.1, 0.15) is 0 Å². The van der Waals surface area contributed by atoms with Gasteiger partial charge in [-0.1, -0.05) is 30.3 Å². The lowest BCUT2D eigenvalue weighted by atomic mass is 10.2. The molecule has 0 aliphatic heterocycles. The third kappa shape index (κ3) is 5.12. The molecule has 0 radical (unpaired) electrons. The first-order valence-electron chi connectivity index (χ1n) is 7.56. The minimum atomic E-state index is -6.86. The molecular weight excluding hydrogens is 463 g/mol. The lowest BCUT2D eigenvalue weighted by molar-refractivity contribution is -0.538. The highest BCUT2D eigenvalue weighted by molar-refractivity contribution is 5.57. The molecule has 0 bridgehead atoms. The predicted molar refractivity (Wildman–Crippen MR) is 78.8 cm³/mol. The highest BCUT2D eigenvalue weighted by Crippen LogP contribution is 2.49. The van der Waals surface area contributed by atoms with Gasteiger partial charge in [0.25, 0.3) is 0 Å². The van der Waals surface area contributed by atoms with Crippen molar-refractivity contribution in [2.45, 2.75) is 30.6 Å². The number of nitrogens with zero attached hydrogens (tertiary/aromatic N) is 2. The number of benzene rings is 1. The van der Waals surface area contributed by atoms with Crippen LogP contribution >= 0.6 is 0 Å². The summed E-state index contributed by atoms with van der Waals surface area (Å²) >= 11 is 0. The zero-order valence-electron chi connectivity index (χ0n) is 14.4. The molecule has 172 valence electrons. The van der Waals surface area contributed by atoms with Gasteiger partial charge in [-0.2, -0.15) is 48.3 Å². The first-order valence-corrected chi connectivity index (χ1v) is 7.56. The molecule has 0 fully saturated rings. The Kier molecular flexibility index (Phi) is 6.12. The van der Waals surface area contributed by atoms with Crippen molar-refractivity contribution in [2.75, 3.05) is 5.73 Å². The van der Waals surface area contributed by atoms with Crippen LogP contribution in [0.3, 0.4) is 0 Å². The van der Waals surface area contributed by atoms with Gasteiger partial charge in [-0.05, 0) is 0 Å². The van der Waals surface area contributed by atoms with Gasteiger partial charge in [0.15, 0.2) is 11.5 Å². The largest absolute Gasteiger partial charge is 0.483 e. The van der Waals surface area contributed by atoms with Crippen molar-refractivity contribution < 1.29 is 57.8 Å². The number of anilines is 1. The topological polar surface area (TPSA) is 70.3 Å². The number of alkyl halides is 11. The molecule has 2 aromatic rings. The van der Waals surface area contributed by atoms with Crippen molar-refractivity contribution in [1.82, 2.24) is 9.97 Å².